The van der Waals surface area contributed by atoms with E-state index in [-0.39, 0.29) is 12.0 Å². The van der Waals surface area contributed by atoms with Crippen molar-refractivity contribution in [2.75, 3.05) is 12.4 Å². The lowest BCUT2D eigenvalue weighted by Crippen LogP contribution is -2.47. The van der Waals surface area contributed by atoms with E-state index in [2.05, 4.69) is 13.8 Å². The zero-order valence-corrected chi connectivity index (χ0v) is 10.3. The quantitative estimate of drug-likeness (QED) is 0.746. The summed E-state index contributed by atoms with van der Waals surface area (Å²) in [5.74, 6) is 2.03. The van der Waals surface area contributed by atoms with Gasteiger partial charge in [0.2, 0.25) is 0 Å². The molecule has 0 aromatic carbocycles. The highest BCUT2D eigenvalue weighted by molar-refractivity contribution is 7.99. The Kier molecular flexibility index (Phi) is 2.19. The van der Waals surface area contributed by atoms with E-state index in [4.69, 9.17) is 9.84 Å². The molecule has 1 N–H and O–H groups in total. The van der Waals surface area contributed by atoms with E-state index in [0.717, 1.165) is 5.92 Å². The van der Waals surface area contributed by atoms with Gasteiger partial charge in [-0.05, 0) is 30.6 Å². The standard InChI is InChI=1S/C12H20O2S/c1-11(2)8-3-4-12(11)7-15-10(6-13)14-9(12)5-8/h8-10,13H,3-7H2,1-2H3/t8-,9-,10-,12-/m1/s1. The minimum absolute atomic E-state index is 0.0378. The van der Waals surface area contributed by atoms with Gasteiger partial charge in [0.25, 0.3) is 0 Å². The Morgan fingerprint density at radius 2 is 2.27 bits per heavy atom. The molecular formula is C12H20O2S. The highest BCUT2D eigenvalue weighted by atomic mass is 32.2. The molecule has 0 aromatic rings. The van der Waals surface area contributed by atoms with Crippen LogP contribution in [-0.2, 0) is 4.74 Å². The second-order valence-electron chi connectivity index (χ2n) is 5.90. The average molecular weight is 228 g/mol. The van der Waals surface area contributed by atoms with Gasteiger partial charge in [-0.1, -0.05) is 13.8 Å². The average Bonchev–Trinajstić information content (AvgIpc) is 2.61. The number of hydrogen-bond acceptors (Lipinski definition) is 3. The van der Waals surface area contributed by atoms with Crippen LogP contribution in [0.5, 0.6) is 0 Å². The minimum atomic E-state index is 0.0378. The normalized spacial score (nSPS) is 51.8. The van der Waals surface area contributed by atoms with Crippen LogP contribution in [0.3, 0.4) is 0 Å². The second-order valence-corrected chi connectivity index (χ2v) is 7.04. The summed E-state index contributed by atoms with van der Waals surface area (Å²) in [6.45, 7) is 5.02. The molecule has 15 heavy (non-hydrogen) atoms. The second kappa shape index (κ2) is 3.14. The summed E-state index contributed by atoms with van der Waals surface area (Å²) in [7, 11) is 0. The van der Waals surface area contributed by atoms with Gasteiger partial charge in [0.05, 0.1) is 12.7 Å². The Morgan fingerprint density at radius 1 is 1.47 bits per heavy atom. The lowest BCUT2D eigenvalue weighted by molar-refractivity contribution is -0.0776. The Bertz CT molecular complexity index is 279. The van der Waals surface area contributed by atoms with Gasteiger partial charge in [0, 0.05) is 11.2 Å². The molecule has 2 nitrogen and oxygen atoms in total. The molecule has 1 aliphatic heterocycles. The lowest BCUT2D eigenvalue weighted by atomic mass is 9.69. The Morgan fingerprint density at radius 3 is 2.93 bits per heavy atom. The van der Waals surface area contributed by atoms with Gasteiger partial charge in [-0.3, -0.25) is 0 Å². The van der Waals surface area contributed by atoms with Crippen molar-refractivity contribution in [3.05, 3.63) is 0 Å². The van der Waals surface area contributed by atoms with Crippen molar-refractivity contribution in [1.82, 2.24) is 0 Å². The fraction of sp³-hybridized carbons (Fsp3) is 1.00. The van der Waals surface area contributed by atoms with Crippen LogP contribution in [0.25, 0.3) is 0 Å². The monoisotopic (exact) mass is 228 g/mol. The van der Waals surface area contributed by atoms with Gasteiger partial charge in [-0.15, -0.1) is 11.8 Å². The van der Waals surface area contributed by atoms with Crippen molar-refractivity contribution in [1.29, 1.82) is 0 Å². The van der Waals surface area contributed by atoms with Crippen LogP contribution in [-0.4, -0.2) is 29.0 Å². The number of hydrogen-bond donors (Lipinski definition) is 1. The summed E-state index contributed by atoms with van der Waals surface area (Å²) >= 11 is 1.82. The van der Waals surface area contributed by atoms with E-state index in [1.54, 1.807) is 0 Å². The number of aliphatic hydroxyl groups is 1. The van der Waals surface area contributed by atoms with Crippen LogP contribution in [0.4, 0.5) is 0 Å². The smallest absolute Gasteiger partial charge is 0.126 e. The highest BCUT2D eigenvalue weighted by Crippen LogP contribution is 2.69. The van der Waals surface area contributed by atoms with Crippen LogP contribution in [0, 0.1) is 16.7 Å². The summed E-state index contributed by atoms with van der Waals surface area (Å²) in [6.07, 6.45) is 4.37. The fourth-order valence-electron chi connectivity index (χ4n) is 4.09. The van der Waals surface area contributed by atoms with Crippen molar-refractivity contribution in [2.24, 2.45) is 16.7 Å². The molecule has 1 saturated heterocycles. The van der Waals surface area contributed by atoms with E-state index >= 15 is 0 Å². The van der Waals surface area contributed by atoms with Gasteiger partial charge in [0.15, 0.2) is 0 Å². The first-order valence-corrected chi connectivity index (χ1v) is 7.03. The third kappa shape index (κ3) is 1.15. The van der Waals surface area contributed by atoms with Crippen molar-refractivity contribution in [3.63, 3.8) is 0 Å². The van der Waals surface area contributed by atoms with Crippen LogP contribution < -0.4 is 0 Å². The predicted molar refractivity (Wildman–Crippen MR) is 61.8 cm³/mol. The topological polar surface area (TPSA) is 29.5 Å². The van der Waals surface area contributed by atoms with Crippen molar-refractivity contribution < 1.29 is 9.84 Å². The molecule has 3 aliphatic rings. The van der Waals surface area contributed by atoms with E-state index in [1.807, 2.05) is 11.8 Å². The van der Waals surface area contributed by atoms with Crippen molar-refractivity contribution >= 4 is 11.8 Å². The van der Waals surface area contributed by atoms with Crippen LogP contribution >= 0.6 is 11.8 Å². The van der Waals surface area contributed by atoms with E-state index in [0.29, 0.717) is 16.9 Å². The number of thioether (sulfide) groups is 1. The Balaban J connectivity index is 1.89. The number of ether oxygens (including phenoxy) is 1. The predicted octanol–water partition coefficient (Wildman–Crippen LogP) is 2.26. The first-order chi connectivity index (χ1) is 7.10. The summed E-state index contributed by atoms with van der Waals surface area (Å²) < 4.78 is 6.03. The zero-order chi connectivity index (χ0) is 10.7. The molecule has 2 saturated carbocycles. The molecule has 1 heterocycles. The lowest BCUT2D eigenvalue weighted by Gasteiger charge is -2.47. The summed E-state index contributed by atoms with van der Waals surface area (Å²) in [6, 6.07) is 0. The molecule has 0 aromatic heterocycles. The Hall–Kier alpha value is 0.270. The maximum absolute atomic E-state index is 9.16. The molecule has 2 aliphatic carbocycles. The number of rotatable bonds is 1. The van der Waals surface area contributed by atoms with E-state index < -0.39 is 0 Å². The molecule has 2 bridgehead atoms. The zero-order valence-electron chi connectivity index (χ0n) is 9.53. The molecule has 3 rings (SSSR count). The maximum Gasteiger partial charge on any atom is 0.126 e. The Labute approximate surface area is 95.8 Å². The van der Waals surface area contributed by atoms with E-state index in [1.165, 1.54) is 25.0 Å². The molecule has 86 valence electrons. The third-order valence-electron chi connectivity index (χ3n) is 5.35. The molecule has 3 heteroatoms. The van der Waals surface area contributed by atoms with Crippen LogP contribution in [0.15, 0.2) is 0 Å². The third-order valence-corrected chi connectivity index (χ3v) is 6.66. The molecule has 1 spiro atoms. The number of aliphatic hydroxyl groups excluding tert-OH is 1. The summed E-state index contributed by atoms with van der Waals surface area (Å²) in [5, 5.41) is 9.16. The largest absolute Gasteiger partial charge is 0.393 e. The minimum Gasteiger partial charge on any atom is -0.393 e. The van der Waals surface area contributed by atoms with Crippen molar-refractivity contribution in [2.45, 2.75) is 44.6 Å². The van der Waals surface area contributed by atoms with Gasteiger partial charge < -0.3 is 9.84 Å². The number of fused-ring (bicyclic) bond motifs is 1. The molecule has 0 radical (unpaired) electrons. The molecular weight excluding hydrogens is 208 g/mol. The molecule has 0 unspecified atom stereocenters. The first kappa shape index (κ1) is 10.4. The van der Waals surface area contributed by atoms with Crippen LogP contribution in [0.1, 0.15) is 33.1 Å². The molecule has 4 atom stereocenters. The summed E-state index contributed by atoms with van der Waals surface area (Å²) in [5.41, 5.74) is 0.898. The van der Waals surface area contributed by atoms with E-state index in [9.17, 15) is 0 Å². The SMILES string of the molecule is CC1(C)[C@@H]2CC[C@]13CS[C@H](CO)O[C@@H]3C2. The maximum atomic E-state index is 9.16. The van der Waals surface area contributed by atoms with Crippen LogP contribution in [0.2, 0.25) is 0 Å². The van der Waals surface area contributed by atoms with Crippen molar-refractivity contribution in [3.8, 4) is 0 Å². The fourth-order valence-corrected chi connectivity index (χ4v) is 5.59. The molecule has 3 fully saturated rings. The van der Waals surface area contributed by atoms with Gasteiger partial charge >= 0.3 is 0 Å². The first-order valence-electron chi connectivity index (χ1n) is 5.98. The summed E-state index contributed by atoms with van der Waals surface area (Å²) in [4.78, 5) is 0. The van der Waals surface area contributed by atoms with Gasteiger partial charge in [-0.25, -0.2) is 0 Å². The highest BCUT2D eigenvalue weighted by Gasteiger charge is 2.65. The molecule has 0 amide bonds. The van der Waals surface area contributed by atoms with Gasteiger partial charge in [-0.2, -0.15) is 0 Å². The van der Waals surface area contributed by atoms with Gasteiger partial charge in [0.1, 0.15) is 5.44 Å².